The molecule has 0 saturated heterocycles. The standard InChI is InChI=1S/C16H22N2O2/c1-3-16(19)18-13-8-7-12(2)15(10-13)17-11-14-6-4-5-9-20-14/h5,7-10,14,17H,3-4,6,11H2,1-2H3,(H,18,19). The first-order valence-corrected chi connectivity index (χ1v) is 7.14. The number of rotatable bonds is 5. The number of hydrogen-bond donors (Lipinski definition) is 2. The number of nitrogens with one attached hydrogen (secondary N) is 2. The Hall–Kier alpha value is -1.97. The van der Waals surface area contributed by atoms with Crippen LogP contribution in [-0.4, -0.2) is 18.6 Å². The predicted molar refractivity (Wildman–Crippen MR) is 81.8 cm³/mol. The van der Waals surface area contributed by atoms with Crippen molar-refractivity contribution in [1.29, 1.82) is 0 Å². The monoisotopic (exact) mass is 274 g/mol. The fraction of sp³-hybridized carbons (Fsp3) is 0.438. The number of carbonyl (C=O) groups excluding carboxylic acids is 1. The van der Waals surface area contributed by atoms with E-state index in [1.165, 1.54) is 0 Å². The molecule has 0 fully saturated rings. The van der Waals surface area contributed by atoms with E-state index < -0.39 is 0 Å². The largest absolute Gasteiger partial charge is 0.497 e. The van der Waals surface area contributed by atoms with Crippen molar-refractivity contribution in [3.8, 4) is 0 Å². The summed E-state index contributed by atoms with van der Waals surface area (Å²) in [7, 11) is 0. The zero-order valence-corrected chi connectivity index (χ0v) is 12.1. The van der Waals surface area contributed by atoms with Crippen LogP contribution < -0.4 is 10.6 Å². The maximum Gasteiger partial charge on any atom is 0.224 e. The Morgan fingerprint density at radius 3 is 3.00 bits per heavy atom. The number of hydrogen-bond acceptors (Lipinski definition) is 3. The SMILES string of the molecule is CCC(=O)Nc1ccc(C)c(NCC2CCC=CO2)c1. The maximum atomic E-state index is 11.4. The van der Waals surface area contributed by atoms with Gasteiger partial charge in [0.15, 0.2) is 0 Å². The molecule has 1 aliphatic heterocycles. The number of carbonyl (C=O) groups is 1. The average molecular weight is 274 g/mol. The summed E-state index contributed by atoms with van der Waals surface area (Å²) in [5.41, 5.74) is 3.03. The molecule has 0 radical (unpaired) electrons. The van der Waals surface area contributed by atoms with Gasteiger partial charge in [0.2, 0.25) is 5.91 Å². The Morgan fingerprint density at radius 1 is 1.45 bits per heavy atom. The Kier molecular flexibility index (Phi) is 5.04. The van der Waals surface area contributed by atoms with Crippen molar-refractivity contribution in [1.82, 2.24) is 0 Å². The molecule has 1 amide bonds. The van der Waals surface area contributed by atoms with E-state index in [0.29, 0.717) is 6.42 Å². The lowest BCUT2D eigenvalue weighted by atomic mass is 10.1. The summed E-state index contributed by atoms with van der Waals surface area (Å²) in [6.07, 6.45) is 6.63. The van der Waals surface area contributed by atoms with Crippen molar-refractivity contribution >= 4 is 17.3 Å². The first-order valence-electron chi connectivity index (χ1n) is 7.14. The van der Waals surface area contributed by atoms with Crippen molar-refractivity contribution in [2.75, 3.05) is 17.2 Å². The molecule has 4 heteroatoms. The Labute approximate surface area is 120 Å². The molecule has 1 aromatic rings. The molecule has 0 aliphatic carbocycles. The molecule has 0 bridgehead atoms. The topological polar surface area (TPSA) is 50.4 Å². The maximum absolute atomic E-state index is 11.4. The molecule has 4 nitrogen and oxygen atoms in total. The van der Waals surface area contributed by atoms with Gasteiger partial charge in [0.25, 0.3) is 0 Å². The molecule has 2 rings (SSSR count). The molecule has 1 aromatic carbocycles. The smallest absolute Gasteiger partial charge is 0.224 e. The first-order chi connectivity index (χ1) is 9.69. The van der Waals surface area contributed by atoms with Gasteiger partial charge in [0.05, 0.1) is 12.8 Å². The van der Waals surface area contributed by atoms with Crippen LogP contribution in [0.25, 0.3) is 0 Å². The minimum Gasteiger partial charge on any atom is -0.497 e. The van der Waals surface area contributed by atoms with Crippen LogP contribution in [0.1, 0.15) is 31.7 Å². The van der Waals surface area contributed by atoms with Crippen LogP contribution in [-0.2, 0) is 9.53 Å². The Morgan fingerprint density at radius 2 is 2.30 bits per heavy atom. The summed E-state index contributed by atoms with van der Waals surface area (Å²) < 4.78 is 5.54. The zero-order chi connectivity index (χ0) is 14.4. The van der Waals surface area contributed by atoms with Gasteiger partial charge in [-0.2, -0.15) is 0 Å². The molecule has 0 aromatic heterocycles. The lowest BCUT2D eigenvalue weighted by molar-refractivity contribution is -0.115. The number of aryl methyl sites for hydroxylation is 1. The van der Waals surface area contributed by atoms with E-state index in [2.05, 4.69) is 17.6 Å². The number of amides is 1. The van der Waals surface area contributed by atoms with Gasteiger partial charge in [-0.05, 0) is 43.5 Å². The third-order valence-electron chi connectivity index (χ3n) is 3.39. The highest BCUT2D eigenvalue weighted by Crippen LogP contribution is 2.21. The molecule has 1 unspecified atom stereocenters. The van der Waals surface area contributed by atoms with E-state index in [4.69, 9.17) is 4.74 Å². The second-order valence-electron chi connectivity index (χ2n) is 5.02. The van der Waals surface area contributed by atoms with Crippen molar-refractivity contribution in [3.63, 3.8) is 0 Å². The van der Waals surface area contributed by atoms with Crippen molar-refractivity contribution in [2.24, 2.45) is 0 Å². The van der Waals surface area contributed by atoms with Gasteiger partial charge in [-0.25, -0.2) is 0 Å². The fourth-order valence-corrected chi connectivity index (χ4v) is 2.10. The van der Waals surface area contributed by atoms with E-state index >= 15 is 0 Å². The number of allylic oxidation sites excluding steroid dienone is 1. The molecule has 2 N–H and O–H groups in total. The summed E-state index contributed by atoms with van der Waals surface area (Å²) in [4.78, 5) is 11.4. The molecule has 0 spiro atoms. The summed E-state index contributed by atoms with van der Waals surface area (Å²) in [6, 6.07) is 5.91. The molecule has 0 saturated carbocycles. The van der Waals surface area contributed by atoms with Crippen molar-refractivity contribution in [2.45, 2.75) is 39.2 Å². The van der Waals surface area contributed by atoms with Crippen molar-refractivity contribution in [3.05, 3.63) is 36.1 Å². The molecule has 1 aliphatic rings. The number of ether oxygens (including phenoxy) is 1. The second kappa shape index (κ2) is 6.98. The predicted octanol–water partition coefficient (Wildman–Crippen LogP) is 3.45. The lowest BCUT2D eigenvalue weighted by Crippen LogP contribution is -2.23. The molecule has 108 valence electrons. The molecular weight excluding hydrogens is 252 g/mol. The van der Waals surface area contributed by atoms with Gasteiger partial charge < -0.3 is 15.4 Å². The summed E-state index contributed by atoms with van der Waals surface area (Å²) in [5, 5.41) is 6.28. The quantitative estimate of drug-likeness (QED) is 0.864. The third-order valence-corrected chi connectivity index (χ3v) is 3.39. The highest BCUT2D eigenvalue weighted by Gasteiger charge is 2.11. The van der Waals surface area contributed by atoms with Gasteiger partial charge in [0.1, 0.15) is 6.10 Å². The van der Waals surface area contributed by atoms with Crippen LogP contribution >= 0.6 is 0 Å². The summed E-state index contributed by atoms with van der Waals surface area (Å²) in [6.45, 7) is 4.67. The van der Waals surface area contributed by atoms with E-state index in [0.717, 1.165) is 36.3 Å². The van der Waals surface area contributed by atoms with Crippen LogP contribution in [0, 0.1) is 6.92 Å². The molecule has 20 heavy (non-hydrogen) atoms. The van der Waals surface area contributed by atoms with Gasteiger partial charge in [0, 0.05) is 17.8 Å². The fourth-order valence-electron chi connectivity index (χ4n) is 2.10. The Balaban J connectivity index is 1.97. The highest BCUT2D eigenvalue weighted by atomic mass is 16.5. The zero-order valence-electron chi connectivity index (χ0n) is 12.1. The average Bonchev–Trinajstić information content (AvgIpc) is 2.48. The van der Waals surface area contributed by atoms with Gasteiger partial charge in [-0.1, -0.05) is 13.0 Å². The number of anilines is 2. The van der Waals surface area contributed by atoms with Crippen LogP contribution in [0.3, 0.4) is 0 Å². The summed E-state index contributed by atoms with van der Waals surface area (Å²) in [5.74, 6) is 0.0283. The minimum atomic E-state index is 0.0283. The number of benzene rings is 1. The van der Waals surface area contributed by atoms with Gasteiger partial charge in [-0.15, -0.1) is 0 Å². The van der Waals surface area contributed by atoms with Gasteiger partial charge >= 0.3 is 0 Å². The van der Waals surface area contributed by atoms with E-state index in [1.807, 2.05) is 31.2 Å². The van der Waals surface area contributed by atoms with Gasteiger partial charge in [-0.3, -0.25) is 4.79 Å². The van der Waals surface area contributed by atoms with E-state index in [9.17, 15) is 4.79 Å². The van der Waals surface area contributed by atoms with Crippen LogP contribution in [0.15, 0.2) is 30.5 Å². The van der Waals surface area contributed by atoms with Crippen LogP contribution in [0.2, 0.25) is 0 Å². The second-order valence-corrected chi connectivity index (χ2v) is 5.02. The lowest BCUT2D eigenvalue weighted by Gasteiger charge is -2.21. The highest BCUT2D eigenvalue weighted by molar-refractivity contribution is 5.91. The van der Waals surface area contributed by atoms with Crippen molar-refractivity contribution < 1.29 is 9.53 Å². The van der Waals surface area contributed by atoms with Crippen LogP contribution in [0.5, 0.6) is 0 Å². The molecule has 1 atom stereocenters. The third kappa shape index (κ3) is 4.02. The van der Waals surface area contributed by atoms with E-state index in [-0.39, 0.29) is 12.0 Å². The van der Waals surface area contributed by atoms with Crippen LogP contribution in [0.4, 0.5) is 11.4 Å². The Bertz CT molecular complexity index is 497. The normalized spacial score (nSPS) is 17.4. The molecular formula is C16H22N2O2. The minimum absolute atomic E-state index is 0.0283. The van der Waals surface area contributed by atoms with E-state index in [1.54, 1.807) is 6.26 Å². The molecule has 1 heterocycles. The summed E-state index contributed by atoms with van der Waals surface area (Å²) >= 11 is 0. The first kappa shape index (κ1) is 14.4.